The second kappa shape index (κ2) is 10.8. The van der Waals surface area contributed by atoms with E-state index in [2.05, 4.69) is 10.6 Å². The number of alkyl carbamates (subject to hydrolysis) is 1. The number of benzene rings is 1. The lowest BCUT2D eigenvalue weighted by Gasteiger charge is -2.24. The zero-order chi connectivity index (χ0) is 20.4. The Morgan fingerprint density at radius 2 is 1.78 bits per heavy atom. The van der Waals surface area contributed by atoms with E-state index in [4.69, 9.17) is 10.00 Å². The molecule has 0 aliphatic rings. The Balaban J connectivity index is 2.67. The molecule has 0 aliphatic heterocycles. The summed E-state index contributed by atoms with van der Waals surface area (Å²) in [6, 6.07) is 8.83. The zero-order valence-electron chi connectivity index (χ0n) is 15.6. The molecule has 1 aromatic carbocycles. The molecule has 8 nitrogen and oxygen atoms in total. The Labute approximate surface area is 158 Å². The highest BCUT2D eigenvalue weighted by atomic mass is 16.5. The number of rotatable bonds is 9. The molecule has 146 valence electrons. The van der Waals surface area contributed by atoms with E-state index in [1.54, 1.807) is 32.9 Å². The summed E-state index contributed by atoms with van der Waals surface area (Å²) in [5, 5.41) is 22.9. The van der Waals surface area contributed by atoms with E-state index in [1.165, 1.54) is 0 Å². The van der Waals surface area contributed by atoms with Crippen LogP contribution in [0, 0.1) is 23.2 Å². The minimum absolute atomic E-state index is 0.0269. The van der Waals surface area contributed by atoms with Gasteiger partial charge >= 0.3 is 12.1 Å². The number of nitriles is 1. The molecule has 0 aromatic heterocycles. The second-order valence-electron chi connectivity index (χ2n) is 6.59. The molecular weight excluding hydrogens is 350 g/mol. The van der Waals surface area contributed by atoms with Gasteiger partial charge in [0.05, 0.1) is 6.07 Å². The molecular formula is C19H25N3O5. The molecule has 0 unspecified atom stereocenters. The minimum atomic E-state index is -1.24. The van der Waals surface area contributed by atoms with Crippen LogP contribution >= 0.6 is 0 Å². The molecule has 8 heteroatoms. The van der Waals surface area contributed by atoms with E-state index in [1.807, 2.05) is 24.3 Å². The first-order chi connectivity index (χ1) is 12.7. The van der Waals surface area contributed by atoms with Gasteiger partial charge in [0.1, 0.15) is 18.7 Å². The van der Waals surface area contributed by atoms with E-state index < -0.39 is 36.0 Å². The lowest BCUT2D eigenvalue weighted by molar-refractivity contribution is -0.142. The third-order valence-corrected chi connectivity index (χ3v) is 3.86. The van der Waals surface area contributed by atoms with Crippen molar-refractivity contribution in [3.8, 4) is 6.07 Å². The third-order valence-electron chi connectivity index (χ3n) is 3.86. The van der Waals surface area contributed by atoms with Crippen molar-refractivity contribution in [2.45, 2.75) is 45.9 Å². The molecule has 0 fully saturated rings. The standard InChI is InChI=1S/C19H25N3O5/c1-12(2)16(17(23)21-15(18(24)25)9-13(3)10-20)22-19(26)27-11-14-7-5-4-6-8-14/h4-8,12-13,15-16H,9,11H2,1-3H3,(H,21,23)(H,22,26)(H,24,25)/t13-,15+,16+/m1/s1. The summed E-state index contributed by atoms with van der Waals surface area (Å²) in [5.41, 5.74) is 0.801. The quantitative estimate of drug-likeness (QED) is 0.606. The smallest absolute Gasteiger partial charge is 0.408 e. The number of carboxylic acids is 1. The average Bonchev–Trinajstić information content (AvgIpc) is 2.64. The predicted octanol–water partition coefficient (Wildman–Crippen LogP) is 2.06. The number of carbonyl (C=O) groups excluding carboxylic acids is 2. The Hall–Kier alpha value is -3.08. The summed E-state index contributed by atoms with van der Waals surface area (Å²) in [6.45, 7) is 5.06. The van der Waals surface area contributed by atoms with Crippen molar-refractivity contribution < 1.29 is 24.2 Å². The Bertz CT molecular complexity index is 684. The molecule has 0 spiro atoms. The van der Waals surface area contributed by atoms with Crippen LogP contribution < -0.4 is 10.6 Å². The first-order valence-corrected chi connectivity index (χ1v) is 8.64. The summed E-state index contributed by atoms with van der Waals surface area (Å²) in [7, 11) is 0. The van der Waals surface area contributed by atoms with E-state index >= 15 is 0 Å². The van der Waals surface area contributed by atoms with Crippen molar-refractivity contribution in [3.63, 3.8) is 0 Å². The fraction of sp³-hybridized carbons (Fsp3) is 0.474. The number of aliphatic carboxylic acids is 1. The van der Waals surface area contributed by atoms with Crippen LogP contribution in [0.15, 0.2) is 30.3 Å². The van der Waals surface area contributed by atoms with Gasteiger partial charge in [-0.25, -0.2) is 9.59 Å². The fourth-order valence-corrected chi connectivity index (χ4v) is 2.32. The van der Waals surface area contributed by atoms with Gasteiger partial charge in [-0.2, -0.15) is 5.26 Å². The monoisotopic (exact) mass is 375 g/mol. The van der Waals surface area contributed by atoms with Gasteiger partial charge < -0.3 is 20.5 Å². The first-order valence-electron chi connectivity index (χ1n) is 8.64. The van der Waals surface area contributed by atoms with Crippen LogP contribution in [0.2, 0.25) is 0 Å². The van der Waals surface area contributed by atoms with Gasteiger partial charge in [0, 0.05) is 5.92 Å². The molecule has 0 saturated heterocycles. The number of amides is 2. The molecule has 0 heterocycles. The average molecular weight is 375 g/mol. The molecule has 27 heavy (non-hydrogen) atoms. The highest BCUT2D eigenvalue weighted by molar-refractivity contribution is 5.89. The van der Waals surface area contributed by atoms with E-state index in [-0.39, 0.29) is 18.9 Å². The highest BCUT2D eigenvalue weighted by Gasteiger charge is 2.29. The Morgan fingerprint density at radius 3 is 2.30 bits per heavy atom. The summed E-state index contributed by atoms with van der Waals surface area (Å²) in [4.78, 5) is 35.8. The van der Waals surface area contributed by atoms with Crippen molar-refractivity contribution in [2.24, 2.45) is 11.8 Å². The van der Waals surface area contributed by atoms with Crippen LogP contribution in [0.4, 0.5) is 4.79 Å². The van der Waals surface area contributed by atoms with Crippen molar-refractivity contribution in [1.82, 2.24) is 10.6 Å². The summed E-state index contributed by atoms with van der Waals surface area (Å²) >= 11 is 0. The van der Waals surface area contributed by atoms with Crippen LogP contribution in [-0.4, -0.2) is 35.2 Å². The number of hydrogen-bond acceptors (Lipinski definition) is 5. The minimum Gasteiger partial charge on any atom is -0.480 e. The maximum Gasteiger partial charge on any atom is 0.408 e. The SMILES string of the molecule is CC(C)[C@H](NC(=O)OCc1ccccc1)C(=O)N[C@@H](C[C@@H](C)C#N)C(=O)O. The molecule has 1 rings (SSSR count). The second-order valence-corrected chi connectivity index (χ2v) is 6.59. The van der Waals surface area contributed by atoms with Gasteiger partial charge in [0.15, 0.2) is 0 Å². The van der Waals surface area contributed by atoms with Gasteiger partial charge in [0.2, 0.25) is 5.91 Å². The number of nitrogens with one attached hydrogen (secondary N) is 2. The lowest BCUT2D eigenvalue weighted by atomic mass is 10.0. The van der Waals surface area contributed by atoms with Gasteiger partial charge in [-0.05, 0) is 24.8 Å². The number of ether oxygens (including phenoxy) is 1. The van der Waals surface area contributed by atoms with Crippen LogP contribution in [0.25, 0.3) is 0 Å². The summed E-state index contributed by atoms with van der Waals surface area (Å²) in [5.74, 6) is -2.70. The predicted molar refractivity (Wildman–Crippen MR) is 97.3 cm³/mol. The third kappa shape index (κ3) is 7.77. The number of hydrogen-bond donors (Lipinski definition) is 3. The molecule has 0 saturated carbocycles. The fourth-order valence-electron chi connectivity index (χ4n) is 2.32. The number of nitrogens with zero attached hydrogens (tertiary/aromatic N) is 1. The largest absolute Gasteiger partial charge is 0.480 e. The first kappa shape index (κ1) is 22.0. The lowest BCUT2D eigenvalue weighted by Crippen LogP contribution is -2.54. The maximum absolute atomic E-state index is 12.5. The molecule has 2 amide bonds. The van der Waals surface area contributed by atoms with Crippen LogP contribution in [0.3, 0.4) is 0 Å². The Kier molecular flexibility index (Phi) is 8.79. The van der Waals surface area contributed by atoms with Crippen molar-refractivity contribution in [2.75, 3.05) is 0 Å². The summed E-state index contributed by atoms with van der Waals surface area (Å²) in [6.07, 6.45) is -0.800. The molecule has 3 atom stereocenters. The van der Waals surface area contributed by atoms with Crippen molar-refractivity contribution in [1.29, 1.82) is 5.26 Å². The van der Waals surface area contributed by atoms with E-state index in [9.17, 15) is 19.5 Å². The van der Waals surface area contributed by atoms with Crippen LogP contribution in [0.1, 0.15) is 32.8 Å². The summed E-state index contributed by atoms with van der Waals surface area (Å²) < 4.78 is 5.10. The van der Waals surface area contributed by atoms with E-state index in [0.29, 0.717) is 0 Å². The van der Waals surface area contributed by atoms with Gasteiger partial charge in [0.25, 0.3) is 0 Å². The van der Waals surface area contributed by atoms with Crippen molar-refractivity contribution in [3.05, 3.63) is 35.9 Å². The van der Waals surface area contributed by atoms with Gasteiger partial charge in [-0.15, -0.1) is 0 Å². The van der Waals surface area contributed by atoms with Gasteiger partial charge in [-0.3, -0.25) is 4.79 Å². The zero-order valence-corrected chi connectivity index (χ0v) is 15.6. The number of carbonyl (C=O) groups is 3. The van der Waals surface area contributed by atoms with Gasteiger partial charge in [-0.1, -0.05) is 44.2 Å². The maximum atomic E-state index is 12.5. The van der Waals surface area contributed by atoms with E-state index in [0.717, 1.165) is 5.56 Å². The molecule has 0 bridgehead atoms. The molecule has 0 radical (unpaired) electrons. The Morgan fingerprint density at radius 1 is 1.15 bits per heavy atom. The molecule has 1 aromatic rings. The topological polar surface area (TPSA) is 129 Å². The molecule has 0 aliphatic carbocycles. The number of carboxylic acid groups (broad SMARTS) is 1. The van der Waals surface area contributed by atoms with Crippen LogP contribution in [-0.2, 0) is 20.9 Å². The highest BCUT2D eigenvalue weighted by Crippen LogP contribution is 2.08. The van der Waals surface area contributed by atoms with Crippen LogP contribution in [0.5, 0.6) is 0 Å². The van der Waals surface area contributed by atoms with Crippen molar-refractivity contribution >= 4 is 18.0 Å². The molecule has 3 N–H and O–H groups in total. The normalized spacial score (nSPS) is 13.7.